The van der Waals surface area contributed by atoms with Gasteiger partial charge in [0.1, 0.15) is 22.9 Å². The van der Waals surface area contributed by atoms with E-state index in [1.165, 1.54) is 0 Å². The Kier molecular flexibility index (Phi) is 5.94. The van der Waals surface area contributed by atoms with Crippen LogP contribution in [0.15, 0.2) is 9.98 Å². The highest BCUT2D eigenvalue weighted by atomic mass is 28.4. The summed E-state index contributed by atoms with van der Waals surface area (Å²) in [4.78, 5) is 9.22. The molecule has 5 aliphatic rings. The largest absolute Gasteiger partial charge is 0.502 e. The highest BCUT2D eigenvalue weighted by Crippen LogP contribution is 2.65. The molecule has 0 aliphatic carbocycles. The molecule has 0 saturated carbocycles. The van der Waals surface area contributed by atoms with Crippen LogP contribution in [0.4, 0.5) is 0 Å². The average Bonchev–Trinajstić information content (AvgIpc) is 3.29. The molecule has 0 radical (unpaired) electrons. The minimum absolute atomic E-state index is 0.318. The van der Waals surface area contributed by atoms with Gasteiger partial charge in [0.25, 0.3) is 0 Å². The fourth-order valence-corrected chi connectivity index (χ4v) is 14.3. The van der Waals surface area contributed by atoms with Gasteiger partial charge in [-0.2, -0.15) is 0 Å². The zero-order valence-electron chi connectivity index (χ0n) is 21.9. The molecule has 8 nitrogen and oxygen atoms in total. The third-order valence-corrected chi connectivity index (χ3v) is 15.3. The summed E-state index contributed by atoms with van der Waals surface area (Å²) >= 11 is 0. The van der Waals surface area contributed by atoms with Crippen LogP contribution in [-0.2, 0) is 26.6 Å². The van der Waals surface area contributed by atoms with Crippen LogP contribution in [0.25, 0.3) is 0 Å². The van der Waals surface area contributed by atoms with Crippen LogP contribution in [0.1, 0.15) is 80.6 Å². The van der Waals surface area contributed by atoms with Crippen molar-refractivity contribution in [3.05, 3.63) is 0 Å². The first-order chi connectivity index (χ1) is 15.8. The normalized spacial score (nSPS) is 50.1. The van der Waals surface area contributed by atoms with Crippen LogP contribution >= 0.6 is 0 Å². The molecule has 4 saturated heterocycles. The minimum Gasteiger partial charge on any atom is -0.365 e. The summed E-state index contributed by atoms with van der Waals surface area (Å²) in [6.07, 6.45) is 8.53. The Hall–Kier alpha value is -0.466. The van der Waals surface area contributed by atoms with Crippen LogP contribution in [0.2, 0.25) is 12.1 Å². The van der Waals surface area contributed by atoms with Gasteiger partial charge in [0, 0.05) is 25.2 Å². The van der Waals surface area contributed by atoms with E-state index in [1.807, 2.05) is 12.4 Å². The van der Waals surface area contributed by atoms with Gasteiger partial charge >= 0.3 is 17.6 Å². The fourth-order valence-electron chi connectivity index (χ4n) is 6.46. The first-order valence-corrected chi connectivity index (χ1v) is 16.8. The van der Waals surface area contributed by atoms with Crippen molar-refractivity contribution in [2.24, 2.45) is 9.98 Å². The van der Waals surface area contributed by atoms with Crippen molar-refractivity contribution in [1.29, 1.82) is 0 Å². The molecule has 0 N–H and O–H groups in total. The highest BCUT2D eigenvalue weighted by Gasteiger charge is 2.85. The average molecular weight is 511 g/mol. The Labute approximate surface area is 206 Å². The van der Waals surface area contributed by atoms with Crippen LogP contribution in [0.3, 0.4) is 0 Å². The number of hydrogen-bond acceptors (Lipinski definition) is 8. The predicted octanol–water partition coefficient (Wildman–Crippen LogP) is 4.33. The lowest BCUT2D eigenvalue weighted by Gasteiger charge is -2.56. The van der Waals surface area contributed by atoms with Crippen molar-refractivity contribution in [2.75, 3.05) is 13.1 Å². The Morgan fingerprint density at radius 3 is 1.85 bits per heavy atom. The van der Waals surface area contributed by atoms with Gasteiger partial charge < -0.3 is 26.6 Å². The van der Waals surface area contributed by atoms with Gasteiger partial charge in [-0.25, -0.2) is 0 Å². The number of fused-ring (bicyclic) bond motifs is 7. The van der Waals surface area contributed by atoms with Crippen LogP contribution < -0.4 is 0 Å². The summed E-state index contributed by atoms with van der Waals surface area (Å²) in [5, 5.41) is 0. The molecular weight excluding hydrogens is 468 g/mol. The standard InChI is InChI=1S/C24H42N2O6Si2/c1-20(2)22(5)19-23(6)24(7)21(3,4)29-34(31-23,32-24)18-12-16-26-14-10-8-9-13-25-15-11-17-33(27-19,28-20)30-22/h13-14,19H,8-12,15-18H2,1-7H3/t19-,22+,23-,24+,33?,34?/m1/s1. The Balaban J connectivity index is 1.50. The molecule has 2 unspecified atom stereocenters. The van der Waals surface area contributed by atoms with E-state index in [1.54, 1.807) is 0 Å². The first-order valence-electron chi connectivity index (χ1n) is 13.0. The second-order valence-electron chi connectivity index (χ2n) is 12.0. The summed E-state index contributed by atoms with van der Waals surface area (Å²) in [5.74, 6) is 0. The molecule has 4 fully saturated rings. The third-order valence-electron chi connectivity index (χ3n) is 8.97. The smallest absolute Gasteiger partial charge is 0.365 e. The molecule has 10 heteroatoms. The van der Waals surface area contributed by atoms with Gasteiger partial charge in [0.2, 0.25) is 0 Å². The molecule has 192 valence electrons. The number of hydrogen-bond donors (Lipinski definition) is 0. The molecular formula is C24H42N2O6Si2. The van der Waals surface area contributed by atoms with E-state index in [0.29, 0.717) is 0 Å². The third kappa shape index (κ3) is 3.51. The maximum atomic E-state index is 6.96. The molecule has 5 rings (SSSR count). The maximum Gasteiger partial charge on any atom is 0.502 e. The van der Waals surface area contributed by atoms with Crippen LogP contribution in [-0.4, -0.2) is 77.2 Å². The molecule has 5 aliphatic heterocycles. The zero-order valence-corrected chi connectivity index (χ0v) is 23.9. The molecule has 34 heavy (non-hydrogen) atoms. The number of nitrogens with zero attached hydrogens (tertiary/aromatic N) is 2. The van der Waals surface area contributed by atoms with E-state index in [0.717, 1.165) is 57.3 Å². The summed E-state index contributed by atoms with van der Waals surface area (Å²) in [6.45, 7) is 16.4. The van der Waals surface area contributed by atoms with E-state index in [-0.39, 0.29) is 6.10 Å². The summed E-state index contributed by atoms with van der Waals surface area (Å²) in [5.41, 5.74) is -3.05. The van der Waals surface area contributed by atoms with Crippen molar-refractivity contribution < 1.29 is 26.6 Å². The second kappa shape index (κ2) is 8.01. The van der Waals surface area contributed by atoms with E-state index >= 15 is 0 Å². The molecule has 0 aromatic heterocycles. The summed E-state index contributed by atoms with van der Waals surface area (Å²) in [6, 6.07) is 1.50. The minimum atomic E-state index is -2.92. The first kappa shape index (κ1) is 25.2. The second-order valence-corrected chi connectivity index (χ2v) is 16.9. The lowest BCUT2D eigenvalue weighted by atomic mass is 9.65. The van der Waals surface area contributed by atoms with Crippen LogP contribution in [0.5, 0.6) is 0 Å². The molecule has 5 heterocycles. The van der Waals surface area contributed by atoms with Gasteiger partial charge in [-0.3, -0.25) is 9.98 Å². The quantitative estimate of drug-likeness (QED) is 0.452. The van der Waals surface area contributed by atoms with E-state index in [4.69, 9.17) is 26.6 Å². The van der Waals surface area contributed by atoms with E-state index in [2.05, 4.69) is 58.5 Å². The van der Waals surface area contributed by atoms with Crippen molar-refractivity contribution in [3.8, 4) is 0 Å². The van der Waals surface area contributed by atoms with E-state index < -0.39 is 45.6 Å². The van der Waals surface area contributed by atoms with Gasteiger partial charge in [-0.1, -0.05) is 0 Å². The highest BCUT2D eigenvalue weighted by molar-refractivity contribution is 6.63. The Morgan fingerprint density at radius 2 is 1.21 bits per heavy atom. The summed E-state index contributed by atoms with van der Waals surface area (Å²) < 4.78 is 40.7. The van der Waals surface area contributed by atoms with Crippen molar-refractivity contribution in [1.82, 2.24) is 0 Å². The van der Waals surface area contributed by atoms with Gasteiger partial charge in [-0.05, 0) is 93.0 Å². The predicted molar refractivity (Wildman–Crippen MR) is 135 cm³/mol. The molecule has 0 aromatic rings. The molecule has 0 amide bonds. The maximum absolute atomic E-state index is 6.96. The number of aliphatic imine (C=N–C) groups is 2. The van der Waals surface area contributed by atoms with Gasteiger partial charge in [-0.15, -0.1) is 0 Å². The Morgan fingerprint density at radius 1 is 0.647 bits per heavy atom. The van der Waals surface area contributed by atoms with Crippen molar-refractivity contribution >= 4 is 30.0 Å². The van der Waals surface area contributed by atoms with Crippen LogP contribution in [0, 0.1) is 0 Å². The SMILES string of the molecule is CC1(C)O[Si]23CCCN=CCCCC=NCCC[Si]45OC(C)(C)[C@](C)(O4)[C@](C)(O5)[C@H](O2)[C@]1(C)O3. The number of rotatable bonds is 0. The molecule has 6 atom stereocenters. The van der Waals surface area contributed by atoms with Crippen molar-refractivity contribution in [3.63, 3.8) is 0 Å². The lowest BCUT2D eigenvalue weighted by molar-refractivity contribution is -0.222. The topological polar surface area (TPSA) is 80.1 Å². The molecule has 6 bridgehead atoms. The van der Waals surface area contributed by atoms with Crippen molar-refractivity contribution in [2.45, 2.75) is 127 Å². The molecule has 2 spiro atoms. The zero-order chi connectivity index (χ0) is 24.5. The molecule has 0 aromatic carbocycles. The van der Waals surface area contributed by atoms with E-state index in [9.17, 15) is 0 Å². The monoisotopic (exact) mass is 510 g/mol. The lowest BCUT2D eigenvalue weighted by Crippen LogP contribution is -2.74. The summed E-state index contributed by atoms with van der Waals surface area (Å²) in [7, 11) is -5.81. The fraction of sp³-hybridized carbons (Fsp3) is 0.917. The van der Waals surface area contributed by atoms with Gasteiger partial charge in [0.15, 0.2) is 0 Å². The van der Waals surface area contributed by atoms with Gasteiger partial charge in [0.05, 0.1) is 11.2 Å². The Bertz CT molecular complexity index is 886.